The summed E-state index contributed by atoms with van der Waals surface area (Å²) in [5.74, 6) is -1.31. The summed E-state index contributed by atoms with van der Waals surface area (Å²) in [6.07, 6.45) is -4.04. The van der Waals surface area contributed by atoms with Crippen molar-refractivity contribution in [2.24, 2.45) is 0 Å². The molecule has 0 saturated carbocycles. The molecular formula is C17H16F3N3O6S. The van der Waals surface area contributed by atoms with E-state index in [1.807, 2.05) is 0 Å². The third kappa shape index (κ3) is 6.07. The minimum absolute atomic E-state index is 0.0915. The molecule has 162 valence electrons. The average molecular weight is 447 g/mol. The molecule has 0 heterocycles. The zero-order chi connectivity index (χ0) is 22.7. The second-order valence-electron chi connectivity index (χ2n) is 6.07. The number of nitro benzene ring substituents is 1. The first-order chi connectivity index (χ1) is 13.8. The van der Waals surface area contributed by atoms with Crippen LogP contribution in [0.15, 0.2) is 48.5 Å². The Morgan fingerprint density at radius 2 is 1.80 bits per heavy atom. The summed E-state index contributed by atoms with van der Waals surface area (Å²) < 4.78 is 65.5. The van der Waals surface area contributed by atoms with E-state index in [9.17, 15) is 36.5 Å². The summed E-state index contributed by atoms with van der Waals surface area (Å²) in [6.45, 7) is 1.26. The Morgan fingerprint density at radius 3 is 2.30 bits per heavy atom. The first-order valence-corrected chi connectivity index (χ1v) is 10.0. The van der Waals surface area contributed by atoms with E-state index in [0.29, 0.717) is 4.31 Å². The molecule has 0 aliphatic heterocycles. The number of hydrogen-bond donors (Lipinski definition) is 1. The zero-order valence-electron chi connectivity index (χ0n) is 15.6. The van der Waals surface area contributed by atoms with E-state index in [1.54, 1.807) is 0 Å². The smallest absolute Gasteiger partial charge is 0.406 e. The minimum atomic E-state index is -4.87. The van der Waals surface area contributed by atoms with Crippen LogP contribution in [-0.2, 0) is 14.8 Å². The lowest BCUT2D eigenvalue weighted by Gasteiger charge is -2.28. The summed E-state index contributed by atoms with van der Waals surface area (Å²) in [5, 5.41) is 13.3. The molecule has 30 heavy (non-hydrogen) atoms. The maximum atomic E-state index is 12.5. The van der Waals surface area contributed by atoms with E-state index in [4.69, 9.17) is 0 Å². The lowest BCUT2D eigenvalue weighted by Crippen LogP contribution is -2.45. The molecule has 0 aliphatic rings. The molecule has 0 spiro atoms. The van der Waals surface area contributed by atoms with E-state index in [-0.39, 0.29) is 17.1 Å². The zero-order valence-corrected chi connectivity index (χ0v) is 16.4. The van der Waals surface area contributed by atoms with Crippen LogP contribution in [0.25, 0.3) is 0 Å². The van der Waals surface area contributed by atoms with E-state index >= 15 is 0 Å². The Morgan fingerprint density at radius 1 is 1.20 bits per heavy atom. The molecule has 1 N–H and O–H groups in total. The van der Waals surface area contributed by atoms with Gasteiger partial charge in [-0.2, -0.15) is 0 Å². The number of carbonyl (C=O) groups excluding carboxylic acids is 1. The van der Waals surface area contributed by atoms with Gasteiger partial charge in [-0.3, -0.25) is 19.2 Å². The first-order valence-electron chi connectivity index (χ1n) is 8.18. The molecule has 0 saturated heterocycles. The highest BCUT2D eigenvalue weighted by molar-refractivity contribution is 7.92. The Hall–Kier alpha value is -3.35. The molecule has 0 bridgehead atoms. The average Bonchev–Trinajstić information content (AvgIpc) is 2.61. The van der Waals surface area contributed by atoms with Crippen LogP contribution in [0.4, 0.5) is 30.2 Å². The van der Waals surface area contributed by atoms with E-state index < -0.39 is 39.0 Å². The van der Waals surface area contributed by atoms with Crippen molar-refractivity contribution in [2.75, 3.05) is 15.9 Å². The lowest BCUT2D eigenvalue weighted by molar-refractivity contribution is -0.384. The van der Waals surface area contributed by atoms with Gasteiger partial charge in [0.1, 0.15) is 11.8 Å². The molecule has 2 aromatic rings. The van der Waals surface area contributed by atoms with Gasteiger partial charge >= 0.3 is 6.36 Å². The van der Waals surface area contributed by atoms with E-state index in [1.165, 1.54) is 25.1 Å². The summed E-state index contributed by atoms with van der Waals surface area (Å²) in [7, 11) is -4.02. The topological polar surface area (TPSA) is 119 Å². The highest BCUT2D eigenvalue weighted by atomic mass is 32.2. The molecule has 0 aromatic heterocycles. The molecule has 9 nitrogen and oxygen atoms in total. The number of rotatable bonds is 7. The number of non-ortho nitro benzene ring substituents is 1. The fourth-order valence-corrected chi connectivity index (χ4v) is 3.71. The van der Waals surface area contributed by atoms with Crippen LogP contribution in [0.2, 0.25) is 0 Å². The van der Waals surface area contributed by atoms with Crippen molar-refractivity contribution in [1.29, 1.82) is 0 Å². The number of nitrogens with one attached hydrogen (secondary N) is 1. The third-order valence-corrected chi connectivity index (χ3v) is 4.98. The van der Waals surface area contributed by atoms with Crippen LogP contribution < -0.4 is 14.4 Å². The van der Waals surface area contributed by atoms with Crippen molar-refractivity contribution in [2.45, 2.75) is 19.3 Å². The van der Waals surface area contributed by atoms with Gasteiger partial charge in [0.25, 0.3) is 5.69 Å². The summed E-state index contributed by atoms with van der Waals surface area (Å²) >= 11 is 0. The SMILES string of the molecule is CC(C(=O)Nc1ccc(OC(F)(F)F)cc1)N(c1cccc([N+](=O)[O-])c1)S(C)(=O)=O. The first kappa shape index (κ1) is 22.9. The van der Waals surface area contributed by atoms with E-state index in [0.717, 1.165) is 36.6 Å². The Bertz CT molecular complexity index is 1040. The number of anilines is 2. The van der Waals surface area contributed by atoms with Gasteiger partial charge < -0.3 is 10.1 Å². The maximum Gasteiger partial charge on any atom is 0.573 e. The monoisotopic (exact) mass is 447 g/mol. The summed E-state index contributed by atoms with van der Waals surface area (Å²) in [4.78, 5) is 22.8. The molecule has 0 radical (unpaired) electrons. The molecule has 0 aliphatic carbocycles. The molecule has 1 atom stereocenters. The number of nitrogens with zero attached hydrogens (tertiary/aromatic N) is 2. The van der Waals surface area contributed by atoms with Gasteiger partial charge in [0.15, 0.2) is 0 Å². The normalized spacial score (nSPS) is 12.7. The van der Waals surface area contributed by atoms with Crippen LogP contribution in [0.1, 0.15) is 6.92 Å². The van der Waals surface area contributed by atoms with Crippen molar-refractivity contribution in [1.82, 2.24) is 0 Å². The number of alkyl halides is 3. The predicted molar refractivity (Wildman–Crippen MR) is 102 cm³/mol. The fourth-order valence-electron chi connectivity index (χ4n) is 2.54. The number of benzene rings is 2. The van der Waals surface area contributed by atoms with Crippen molar-refractivity contribution in [3.8, 4) is 5.75 Å². The van der Waals surface area contributed by atoms with E-state index in [2.05, 4.69) is 10.1 Å². The maximum absolute atomic E-state index is 12.5. The molecule has 0 fully saturated rings. The van der Waals surface area contributed by atoms with Crippen LogP contribution in [0, 0.1) is 10.1 Å². The van der Waals surface area contributed by atoms with Crippen LogP contribution in [-0.4, -0.2) is 37.9 Å². The highest BCUT2D eigenvalue weighted by Crippen LogP contribution is 2.27. The highest BCUT2D eigenvalue weighted by Gasteiger charge is 2.32. The molecule has 2 rings (SSSR count). The summed E-state index contributed by atoms with van der Waals surface area (Å²) in [5.41, 5.74) is -0.369. The predicted octanol–water partition coefficient (Wildman–Crippen LogP) is 3.29. The summed E-state index contributed by atoms with van der Waals surface area (Å²) in [6, 6.07) is 7.65. The van der Waals surface area contributed by atoms with Crippen LogP contribution in [0.3, 0.4) is 0 Å². The number of carbonyl (C=O) groups is 1. The number of nitro groups is 1. The van der Waals surface area contributed by atoms with Gasteiger partial charge in [0.2, 0.25) is 15.9 Å². The van der Waals surface area contributed by atoms with Crippen molar-refractivity contribution >= 4 is 33.0 Å². The Kier molecular flexibility index (Phi) is 6.55. The number of ether oxygens (including phenoxy) is 1. The van der Waals surface area contributed by atoms with Crippen LogP contribution >= 0.6 is 0 Å². The second kappa shape index (κ2) is 8.57. The number of hydrogen-bond acceptors (Lipinski definition) is 6. The minimum Gasteiger partial charge on any atom is -0.406 e. The largest absolute Gasteiger partial charge is 0.573 e. The van der Waals surface area contributed by atoms with Crippen molar-refractivity contribution in [3.63, 3.8) is 0 Å². The fraction of sp³-hybridized carbons (Fsp3) is 0.235. The quantitative estimate of drug-likeness (QED) is 0.514. The molecule has 13 heteroatoms. The molecule has 1 unspecified atom stereocenters. The third-order valence-electron chi connectivity index (χ3n) is 3.74. The van der Waals surface area contributed by atoms with Gasteiger partial charge in [-0.25, -0.2) is 8.42 Å². The molecular weight excluding hydrogens is 431 g/mol. The van der Waals surface area contributed by atoms with Gasteiger partial charge in [-0.15, -0.1) is 13.2 Å². The van der Waals surface area contributed by atoms with Gasteiger partial charge in [0, 0.05) is 17.8 Å². The second-order valence-corrected chi connectivity index (χ2v) is 7.93. The number of amides is 1. The Labute approximate surface area is 169 Å². The standard InChI is InChI=1S/C17H16F3N3O6S/c1-11(16(24)21-12-6-8-15(9-7-12)29-17(18,19)20)22(30(2,27)28)13-4-3-5-14(10-13)23(25)26/h3-11H,1-2H3,(H,21,24). The van der Waals surface area contributed by atoms with Gasteiger partial charge in [-0.05, 0) is 37.3 Å². The molecule has 1 amide bonds. The molecule has 2 aromatic carbocycles. The number of halogens is 3. The van der Waals surface area contributed by atoms with Gasteiger partial charge in [0.05, 0.1) is 16.9 Å². The van der Waals surface area contributed by atoms with Crippen molar-refractivity contribution < 1.29 is 36.0 Å². The Balaban J connectivity index is 2.24. The lowest BCUT2D eigenvalue weighted by atomic mass is 10.2. The van der Waals surface area contributed by atoms with Crippen molar-refractivity contribution in [3.05, 3.63) is 58.6 Å². The van der Waals surface area contributed by atoms with Crippen LogP contribution in [0.5, 0.6) is 5.75 Å². The van der Waals surface area contributed by atoms with Gasteiger partial charge in [-0.1, -0.05) is 6.07 Å². The number of sulfonamides is 1.